The van der Waals surface area contributed by atoms with Crippen LogP contribution < -0.4 is 54.8 Å². The number of H-pyrrole nitrogens is 1. The third kappa shape index (κ3) is 8.40. The molecule has 0 spiro atoms. The molecule has 4 rings (SSSR count). The first kappa shape index (κ1) is 32.0. The molecule has 0 aliphatic carbocycles. The second kappa shape index (κ2) is 13.7. The van der Waals surface area contributed by atoms with Gasteiger partial charge in [0.05, 0.1) is 26.0 Å². The molecule has 16 heteroatoms. The van der Waals surface area contributed by atoms with E-state index in [1.807, 2.05) is 30.5 Å². The summed E-state index contributed by atoms with van der Waals surface area (Å²) < 4.78 is 20.8. The number of nitrogens with zero attached hydrogens (tertiary/aromatic N) is 1. The smallest absolute Gasteiger partial charge is 0.790 e. The third-order valence-corrected chi connectivity index (χ3v) is 6.04. The topological polar surface area (TPSA) is 247 Å². The molecule has 0 saturated carbocycles. The second-order valence-corrected chi connectivity index (χ2v) is 9.37. The Labute approximate surface area is 238 Å². The van der Waals surface area contributed by atoms with Crippen LogP contribution >= 0.6 is 7.82 Å². The van der Waals surface area contributed by atoms with Crippen molar-refractivity contribution in [1.82, 2.24) is 4.98 Å². The first-order valence-electron chi connectivity index (χ1n) is 10.9. The van der Waals surface area contributed by atoms with Gasteiger partial charge >= 0.3 is 35.5 Å². The van der Waals surface area contributed by atoms with Crippen molar-refractivity contribution in [2.45, 2.75) is 37.0 Å². The Hall–Kier alpha value is -2.20. The molecule has 0 unspecified atom stereocenters. The number of pyridine rings is 1. The summed E-state index contributed by atoms with van der Waals surface area (Å²) in [5.41, 5.74) is 5.46. The average Bonchev–Trinajstić information content (AvgIpc) is 3.38. The number of nitrogens with one attached hydrogen (secondary N) is 1. The maximum atomic E-state index is 10.8. The number of aromatic amines is 1. The number of ether oxygens (including phenoxy) is 1. The van der Waals surface area contributed by atoms with Crippen LogP contribution in [0.5, 0.6) is 0 Å². The van der Waals surface area contributed by atoms with E-state index in [-0.39, 0.29) is 35.1 Å². The van der Waals surface area contributed by atoms with Crippen LogP contribution in [0.1, 0.15) is 22.1 Å². The van der Waals surface area contributed by atoms with Gasteiger partial charge < -0.3 is 59.6 Å². The van der Waals surface area contributed by atoms with Gasteiger partial charge in [-0.15, -0.1) is 0 Å². The Morgan fingerprint density at radius 1 is 1.18 bits per heavy atom. The van der Waals surface area contributed by atoms with Crippen molar-refractivity contribution in [3.8, 4) is 0 Å². The molecule has 2 aromatic heterocycles. The normalized spacial score (nSPS) is 21.7. The minimum atomic E-state index is -5.24. The standard InChI is InChI=1S/C11H12N2O2.C11H14NO9P.Na/c12-9(11(14)15)5-7-6-13-10-4-2-1-3-8(7)10;13-8-7(5-20-22(17,18)19)21-10(9(8)14)12-3-1-2-6(4-12)11(15)16;/h1-4,6,9,13H,5,12H2,(H,14,15);1-4,7-10,13-14H,5H2,(H2-,15,16,17,18,19);/q;;+1/p-1/t9-;7-,8-,9-,10-;/m01./s1. The second-order valence-electron chi connectivity index (χ2n) is 8.22. The van der Waals surface area contributed by atoms with Crippen LogP contribution in [0, 0.1) is 0 Å². The number of carboxylic acids is 2. The van der Waals surface area contributed by atoms with Crippen molar-refractivity contribution in [3.63, 3.8) is 0 Å². The van der Waals surface area contributed by atoms with Gasteiger partial charge in [0.2, 0.25) is 0 Å². The first-order valence-corrected chi connectivity index (χ1v) is 12.3. The summed E-state index contributed by atoms with van der Waals surface area (Å²) in [6.07, 6.45) is -0.640. The number of carbonyl (C=O) groups is 2. The zero-order valence-electron chi connectivity index (χ0n) is 20.2. The number of phosphoric ester groups is 1. The zero-order valence-corrected chi connectivity index (χ0v) is 23.1. The van der Waals surface area contributed by atoms with Gasteiger partial charge in [0, 0.05) is 29.6 Å². The molecule has 1 saturated heterocycles. The van der Waals surface area contributed by atoms with Crippen LogP contribution in [0.25, 0.3) is 10.9 Å². The number of hydrogen-bond acceptors (Lipinski definition) is 10. The van der Waals surface area contributed by atoms with Gasteiger partial charge in [0.25, 0.3) is 6.23 Å². The fraction of sp³-hybridized carbons (Fsp3) is 0.318. The predicted octanol–water partition coefficient (Wildman–Crippen LogP) is -6.79. The van der Waals surface area contributed by atoms with Crippen LogP contribution in [-0.2, 0) is 25.0 Å². The van der Waals surface area contributed by atoms with Crippen LogP contribution in [0.4, 0.5) is 0 Å². The average molecular weight is 561 g/mol. The zero-order chi connectivity index (χ0) is 27.3. The minimum Gasteiger partial charge on any atom is -0.790 e. The molecule has 0 amide bonds. The molecule has 1 aromatic carbocycles. The molecule has 5 atom stereocenters. The molecule has 1 aliphatic rings. The Bertz CT molecular complexity index is 1300. The number of quaternary nitrogens is 1. The molecule has 38 heavy (non-hydrogen) atoms. The predicted molar refractivity (Wildman–Crippen MR) is 117 cm³/mol. The first-order chi connectivity index (χ1) is 17.4. The number of aromatic nitrogens is 2. The van der Waals surface area contributed by atoms with Gasteiger partial charge in [-0.05, 0) is 17.7 Å². The van der Waals surface area contributed by atoms with Crippen molar-refractivity contribution in [2.75, 3.05) is 6.61 Å². The number of benzene rings is 1. The summed E-state index contributed by atoms with van der Waals surface area (Å²) in [7, 11) is -5.24. The summed E-state index contributed by atoms with van der Waals surface area (Å²) in [6.45, 7) is -0.764. The van der Waals surface area contributed by atoms with Gasteiger partial charge in [0.1, 0.15) is 12.2 Å². The number of aliphatic hydroxyl groups is 2. The number of carbonyl (C=O) groups excluding carboxylic acids is 1. The molecule has 3 aromatic rings. The Balaban J connectivity index is 0.000000277. The maximum Gasteiger partial charge on any atom is 1.00 e. The van der Waals surface area contributed by atoms with Gasteiger partial charge in [-0.2, -0.15) is 4.57 Å². The van der Waals surface area contributed by atoms with E-state index in [0.29, 0.717) is 6.42 Å². The Kier molecular flexibility index (Phi) is 11.6. The molecular weight excluding hydrogens is 536 g/mol. The molecule has 0 bridgehead atoms. The van der Waals surface area contributed by atoms with Crippen molar-refractivity contribution >= 4 is 30.7 Å². The van der Waals surface area contributed by atoms with Crippen LogP contribution in [-0.4, -0.2) is 63.2 Å². The number of rotatable bonds is 8. The van der Waals surface area contributed by atoms with Gasteiger partial charge in [-0.3, -0.25) is 0 Å². The fourth-order valence-electron chi connectivity index (χ4n) is 3.70. The SMILES string of the molecule is O=C([O-])c1ccc[n+]([C@@H]2O[C@H](COP(=O)([O-])[O-])[C@@H](O)[C@H]2O)c1.[NH3+][C@@H](Cc1c[nH]c2ccccc12)C(=O)O.[Na+]. The Morgan fingerprint density at radius 3 is 2.50 bits per heavy atom. The number of carboxylic acid groups (broad SMARTS) is 2. The van der Waals surface area contributed by atoms with E-state index in [1.54, 1.807) is 0 Å². The van der Waals surface area contributed by atoms with E-state index in [9.17, 15) is 39.3 Å². The molecule has 1 aliphatic heterocycles. The quantitative estimate of drug-likeness (QED) is 0.0982. The summed E-state index contributed by atoms with van der Waals surface area (Å²) >= 11 is 0. The number of hydrogen-bond donors (Lipinski definition) is 5. The van der Waals surface area contributed by atoms with E-state index in [2.05, 4.69) is 15.2 Å². The van der Waals surface area contributed by atoms with E-state index < -0.39 is 56.9 Å². The molecule has 3 heterocycles. The van der Waals surface area contributed by atoms with Gasteiger partial charge in [-0.25, -0.2) is 4.79 Å². The van der Waals surface area contributed by atoms with Crippen molar-refractivity contribution < 1.29 is 93.5 Å². The fourth-order valence-corrected chi connectivity index (χ4v) is 4.03. The third-order valence-electron chi connectivity index (χ3n) is 5.58. The number of phosphoric acid groups is 1. The summed E-state index contributed by atoms with van der Waals surface area (Å²) in [4.78, 5) is 45.4. The molecule has 14 nitrogen and oxygen atoms in total. The largest absolute Gasteiger partial charge is 1.00 e. The molecule has 0 radical (unpaired) electrons. The van der Waals surface area contributed by atoms with Crippen LogP contribution in [0.2, 0.25) is 0 Å². The van der Waals surface area contributed by atoms with Crippen LogP contribution in [0.3, 0.4) is 0 Å². The number of fused-ring (bicyclic) bond motifs is 1. The monoisotopic (exact) mass is 561 g/mol. The molecule has 7 N–H and O–H groups in total. The molecule has 200 valence electrons. The van der Waals surface area contributed by atoms with E-state index in [1.165, 1.54) is 22.9 Å². The maximum absolute atomic E-state index is 10.8. The Morgan fingerprint density at radius 2 is 1.87 bits per heavy atom. The van der Waals surface area contributed by atoms with E-state index >= 15 is 0 Å². The van der Waals surface area contributed by atoms with Gasteiger partial charge in [-0.1, -0.05) is 18.2 Å². The summed E-state index contributed by atoms with van der Waals surface area (Å²) in [5.74, 6) is -2.30. The van der Waals surface area contributed by atoms with E-state index in [4.69, 9.17) is 9.84 Å². The minimum absolute atomic E-state index is 0. The number of para-hydroxylation sites is 1. The van der Waals surface area contributed by atoms with Crippen molar-refractivity contribution in [1.29, 1.82) is 0 Å². The molecule has 1 fully saturated rings. The van der Waals surface area contributed by atoms with Gasteiger partial charge in [0.15, 0.2) is 24.5 Å². The summed E-state index contributed by atoms with van der Waals surface area (Å²) in [6, 6.07) is 9.87. The van der Waals surface area contributed by atoms with Crippen molar-refractivity contribution in [2.24, 2.45) is 0 Å². The molecular formula is C22H25N3NaO11P. The number of aliphatic hydroxyl groups excluding tert-OH is 2. The number of aliphatic carboxylic acids is 1. The number of aromatic carboxylic acids is 1. The summed E-state index contributed by atoms with van der Waals surface area (Å²) in [5, 5.41) is 40.3. The van der Waals surface area contributed by atoms with Crippen LogP contribution in [0.15, 0.2) is 55.0 Å². The van der Waals surface area contributed by atoms with E-state index in [0.717, 1.165) is 22.7 Å². The van der Waals surface area contributed by atoms with Crippen molar-refractivity contribution in [3.05, 3.63) is 66.1 Å².